The minimum absolute atomic E-state index is 0.205. The summed E-state index contributed by atoms with van der Waals surface area (Å²) in [6, 6.07) is 0. The highest BCUT2D eigenvalue weighted by Gasteiger charge is 2.79. The number of carbonyl (C=O) groups excluding carboxylic acids is 1. The minimum atomic E-state index is -1.01. The molecule has 0 heterocycles. The lowest BCUT2D eigenvalue weighted by Gasteiger charge is -2.48. The van der Waals surface area contributed by atoms with Crippen molar-refractivity contribution in [2.45, 2.75) is 51.7 Å². The number of Topliss-reactive ketones (excluding diaryl/α,β-unsaturated/α-hetero) is 1. The van der Waals surface area contributed by atoms with Crippen LogP contribution in [0.3, 0.4) is 0 Å². The normalized spacial score (nSPS) is 47.8. The van der Waals surface area contributed by atoms with Gasteiger partial charge in [-0.25, -0.2) is 0 Å². The monoisotopic (exact) mass is 300 g/mol. The first-order valence-electron chi connectivity index (χ1n) is 6.88. The van der Waals surface area contributed by atoms with Crippen LogP contribution in [0.1, 0.15) is 40.0 Å². The number of hydrogen-bond donors (Lipinski definition) is 1. The zero-order valence-corrected chi connectivity index (χ0v) is 13.8. The third-order valence-corrected chi connectivity index (χ3v) is 6.79. The van der Waals surface area contributed by atoms with Gasteiger partial charge in [-0.05, 0) is 31.1 Å². The number of fused-ring (bicyclic) bond motifs is 1. The molecule has 1 spiro atoms. The summed E-state index contributed by atoms with van der Waals surface area (Å²) < 4.78 is 5.92. The Hall–Kier alpha value is 0.190. The average Bonchev–Trinajstić information content (AvgIpc) is 2.63. The highest BCUT2D eigenvalue weighted by Crippen LogP contribution is 2.73. The first-order valence-corrected chi connectivity index (χ1v) is 9.60. The standard InChI is InChI=1S/C14H22O3P2/c1-8-4-5-9-11(17-19-18)13(16)7-6-10(15)14(8,13)12(9,2)3/h4,9,11,16,19H,5-7,18H2,1-3H3/t9?,11-,13+,14?/m0/s1. The van der Waals surface area contributed by atoms with E-state index in [4.69, 9.17) is 4.52 Å². The van der Waals surface area contributed by atoms with E-state index >= 15 is 0 Å². The Kier molecular flexibility index (Phi) is 3.05. The van der Waals surface area contributed by atoms with Crippen LogP contribution < -0.4 is 0 Å². The van der Waals surface area contributed by atoms with E-state index < -0.39 is 11.0 Å². The van der Waals surface area contributed by atoms with Crippen molar-refractivity contribution >= 4 is 23.2 Å². The van der Waals surface area contributed by atoms with E-state index in [1.807, 2.05) is 6.92 Å². The van der Waals surface area contributed by atoms with Crippen LogP contribution in [-0.2, 0) is 9.32 Å². The Labute approximate surface area is 118 Å². The van der Waals surface area contributed by atoms with Crippen LogP contribution >= 0.6 is 17.4 Å². The largest absolute Gasteiger partial charge is 0.386 e. The molecule has 1 N–H and O–H groups in total. The number of rotatable bonds is 2. The highest BCUT2D eigenvalue weighted by atomic mass is 32.0. The van der Waals surface area contributed by atoms with Crippen molar-refractivity contribution in [1.29, 1.82) is 0 Å². The predicted molar refractivity (Wildman–Crippen MR) is 80.2 cm³/mol. The molecule has 5 heteroatoms. The minimum Gasteiger partial charge on any atom is -0.386 e. The number of allylic oxidation sites excluding steroid dienone is 1. The zero-order chi connectivity index (χ0) is 14.1. The Morgan fingerprint density at radius 3 is 2.84 bits per heavy atom. The summed E-state index contributed by atoms with van der Waals surface area (Å²) in [5.41, 5.74) is -0.920. The van der Waals surface area contributed by atoms with Crippen LogP contribution in [0.4, 0.5) is 0 Å². The Balaban J connectivity index is 2.26. The third kappa shape index (κ3) is 1.32. The maximum atomic E-state index is 12.7. The van der Waals surface area contributed by atoms with Crippen LogP contribution in [0.5, 0.6) is 0 Å². The van der Waals surface area contributed by atoms with E-state index in [-0.39, 0.29) is 31.7 Å². The molecule has 3 aliphatic rings. The van der Waals surface area contributed by atoms with Gasteiger partial charge in [-0.3, -0.25) is 4.79 Å². The second kappa shape index (κ2) is 4.10. The average molecular weight is 300 g/mol. The summed E-state index contributed by atoms with van der Waals surface area (Å²) in [6.07, 6.45) is 3.84. The molecule has 3 nitrogen and oxygen atoms in total. The molecule has 0 amide bonds. The molecule has 3 rings (SSSR count). The summed E-state index contributed by atoms with van der Waals surface area (Å²) in [5, 5.41) is 11.4. The van der Waals surface area contributed by atoms with Gasteiger partial charge in [0.05, 0.1) is 11.5 Å². The molecule has 2 bridgehead atoms. The highest BCUT2D eigenvalue weighted by molar-refractivity contribution is 8.00. The van der Waals surface area contributed by atoms with Gasteiger partial charge in [0, 0.05) is 14.9 Å². The maximum absolute atomic E-state index is 12.7. The van der Waals surface area contributed by atoms with Crippen molar-refractivity contribution in [2.75, 3.05) is 0 Å². The fraction of sp³-hybridized carbons (Fsp3) is 0.786. The molecule has 4 unspecified atom stereocenters. The molecular weight excluding hydrogens is 278 g/mol. The van der Waals surface area contributed by atoms with Gasteiger partial charge < -0.3 is 9.63 Å². The van der Waals surface area contributed by atoms with Crippen LogP contribution in [0.2, 0.25) is 0 Å². The van der Waals surface area contributed by atoms with Crippen molar-refractivity contribution in [3.63, 3.8) is 0 Å². The molecule has 0 aromatic carbocycles. The second-order valence-electron chi connectivity index (χ2n) is 6.70. The van der Waals surface area contributed by atoms with Crippen molar-refractivity contribution in [3.8, 4) is 0 Å². The quantitative estimate of drug-likeness (QED) is 0.630. The van der Waals surface area contributed by atoms with Crippen LogP contribution in [0.15, 0.2) is 11.6 Å². The van der Waals surface area contributed by atoms with Crippen LogP contribution in [0.25, 0.3) is 0 Å². The topological polar surface area (TPSA) is 46.5 Å². The third-order valence-electron chi connectivity index (χ3n) is 5.99. The number of aliphatic hydroxyl groups is 1. The van der Waals surface area contributed by atoms with Crippen LogP contribution in [-0.4, -0.2) is 22.6 Å². The fourth-order valence-corrected chi connectivity index (χ4v) is 6.33. The second-order valence-corrected chi connectivity index (χ2v) is 7.88. The van der Waals surface area contributed by atoms with Gasteiger partial charge in [0.1, 0.15) is 11.4 Å². The van der Waals surface area contributed by atoms with Gasteiger partial charge in [-0.2, -0.15) is 0 Å². The van der Waals surface area contributed by atoms with Gasteiger partial charge in [0.2, 0.25) is 0 Å². The molecular formula is C14H22O3P2. The summed E-state index contributed by atoms with van der Waals surface area (Å²) in [6.45, 7) is 6.28. The van der Waals surface area contributed by atoms with Crippen LogP contribution in [0, 0.1) is 16.7 Å². The lowest BCUT2D eigenvalue weighted by molar-refractivity contribution is -0.141. The SMILES string of the molecule is CC1=CCC2[C@H](OPP)[C@]3(O)CCC(=O)C13C2(C)C. The summed E-state index contributed by atoms with van der Waals surface area (Å²) in [7, 11) is 2.85. The molecule has 106 valence electrons. The van der Waals surface area contributed by atoms with Gasteiger partial charge >= 0.3 is 0 Å². The van der Waals surface area contributed by atoms with Crippen molar-refractivity contribution in [3.05, 3.63) is 11.6 Å². The number of hydrogen-bond acceptors (Lipinski definition) is 3. The lowest BCUT2D eigenvalue weighted by Crippen LogP contribution is -2.54. The molecule has 0 aliphatic heterocycles. The predicted octanol–water partition coefficient (Wildman–Crippen LogP) is 2.84. The first kappa shape index (κ1) is 14.1. The van der Waals surface area contributed by atoms with Crippen molar-refractivity contribution < 1.29 is 14.4 Å². The van der Waals surface area contributed by atoms with E-state index in [9.17, 15) is 9.90 Å². The van der Waals surface area contributed by atoms with Crippen molar-refractivity contribution in [1.82, 2.24) is 0 Å². The summed E-state index contributed by atoms with van der Waals surface area (Å²) in [4.78, 5) is 12.7. The van der Waals surface area contributed by atoms with Gasteiger partial charge in [-0.15, -0.1) is 0 Å². The first-order chi connectivity index (χ1) is 8.84. The Morgan fingerprint density at radius 2 is 2.21 bits per heavy atom. The molecule has 0 aromatic rings. The smallest absolute Gasteiger partial charge is 0.146 e. The van der Waals surface area contributed by atoms with E-state index in [1.165, 1.54) is 0 Å². The summed E-state index contributed by atoms with van der Waals surface area (Å²) >= 11 is 0. The lowest BCUT2D eigenvalue weighted by atomic mass is 9.55. The molecule has 0 saturated heterocycles. The summed E-state index contributed by atoms with van der Waals surface area (Å²) in [5.74, 6) is 0.426. The van der Waals surface area contributed by atoms with Gasteiger partial charge in [-0.1, -0.05) is 34.4 Å². The van der Waals surface area contributed by atoms with Gasteiger partial charge in [0.15, 0.2) is 0 Å². The molecule has 19 heavy (non-hydrogen) atoms. The maximum Gasteiger partial charge on any atom is 0.146 e. The Bertz CT molecular complexity index is 473. The fourth-order valence-electron chi connectivity index (χ4n) is 5.38. The zero-order valence-electron chi connectivity index (χ0n) is 11.7. The van der Waals surface area contributed by atoms with E-state index in [0.29, 0.717) is 12.8 Å². The molecule has 3 aliphatic carbocycles. The molecule has 6 atom stereocenters. The van der Waals surface area contributed by atoms with E-state index in [1.54, 1.807) is 0 Å². The molecule has 0 aromatic heterocycles. The number of carbonyl (C=O) groups is 1. The van der Waals surface area contributed by atoms with Gasteiger partial charge in [0.25, 0.3) is 0 Å². The molecule has 2 fully saturated rings. The Morgan fingerprint density at radius 1 is 1.53 bits per heavy atom. The van der Waals surface area contributed by atoms with E-state index in [0.717, 1.165) is 12.0 Å². The van der Waals surface area contributed by atoms with E-state index in [2.05, 4.69) is 28.9 Å². The molecule has 0 radical (unpaired) electrons. The van der Waals surface area contributed by atoms with Crippen molar-refractivity contribution in [2.24, 2.45) is 16.7 Å². The number of ketones is 1. The molecule has 2 saturated carbocycles.